The standard InChI is InChI=1S/C21H14N4O3S/c22-10-14-4-1-2-6-18(14)27-12-16-7-8-19(28-16)20(26)25-21-24-17(13-29-21)15-5-3-9-23-11-15/h1-9,11,13H,12H2,(H,24,25,26). The number of thiazole rings is 1. The van der Waals surface area contributed by atoms with Crippen LogP contribution in [0, 0.1) is 11.3 Å². The Morgan fingerprint density at radius 1 is 1.21 bits per heavy atom. The number of carbonyl (C=O) groups is 1. The van der Waals surface area contributed by atoms with Gasteiger partial charge in [-0.25, -0.2) is 4.98 Å². The predicted molar refractivity (Wildman–Crippen MR) is 107 cm³/mol. The number of pyridine rings is 1. The molecule has 7 nitrogen and oxygen atoms in total. The van der Waals surface area contributed by atoms with E-state index in [-0.39, 0.29) is 12.4 Å². The van der Waals surface area contributed by atoms with Crippen LogP contribution in [0.25, 0.3) is 11.3 Å². The molecule has 0 saturated carbocycles. The largest absolute Gasteiger partial charge is 0.484 e. The second kappa shape index (κ2) is 8.37. The van der Waals surface area contributed by atoms with Crippen molar-refractivity contribution < 1.29 is 13.9 Å². The van der Waals surface area contributed by atoms with E-state index in [0.29, 0.717) is 22.2 Å². The van der Waals surface area contributed by atoms with Crippen LogP contribution in [0.1, 0.15) is 21.9 Å². The van der Waals surface area contributed by atoms with Gasteiger partial charge in [0, 0.05) is 23.3 Å². The summed E-state index contributed by atoms with van der Waals surface area (Å²) in [5, 5.41) is 14.1. The van der Waals surface area contributed by atoms with E-state index in [0.717, 1.165) is 11.3 Å². The third kappa shape index (κ3) is 4.31. The van der Waals surface area contributed by atoms with Gasteiger partial charge in [0.1, 0.15) is 24.2 Å². The van der Waals surface area contributed by atoms with Gasteiger partial charge in [-0.05, 0) is 36.4 Å². The Morgan fingerprint density at radius 2 is 2.10 bits per heavy atom. The summed E-state index contributed by atoms with van der Waals surface area (Å²) in [6.07, 6.45) is 3.40. The lowest BCUT2D eigenvalue weighted by molar-refractivity contribution is 0.0992. The average molecular weight is 402 g/mol. The van der Waals surface area contributed by atoms with E-state index < -0.39 is 5.91 Å². The number of hydrogen-bond acceptors (Lipinski definition) is 7. The molecule has 0 spiro atoms. The number of nitrogens with one attached hydrogen (secondary N) is 1. The first-order valence-corrected chi connectivity index (χ1v) is 9.49. The molecule has 0 fully saturated rings. The zero-order valence-corrected chi connectivity index (χ0v) is 15.8. The van der Waals surface area contributed by atoms with Crippen molar-refractivity contribution in [3.05, 3.63) is 83.4 Å². The molecule has 3 heterocycles. The Labute approximate surface area is 170 Å². The quantitative estimate of drug-likeness (QED) is 0.509. The molecule has 0 atom stereocenters. The van der Waals surface area contributed by atoms with Crippen molar-refractivity contribution >= 4 is 22.4 Å². The Balaban J connectivity index is 1.39. The Morgan fingerprint density at radius 3 is 2.93 bits per heavy atom. The molecule has 0 aliphatic rings. The molecule has 0 saturated heterocycles. The molecule has 142 valence electrons. The number of nitrogens with zero attached hydrogens (tertiary/aromatic N) is 3. The topological polar surface area (TPSA) is 101 Å². The van der Waals surface area contributed by atoms with Gasteiger partial charge in [-0.15, -0.1) is 11.3 Å². The molecule has 1 amide bonds. The van der Waals surface area contributed by atoms with Gasteiger partial charge in [-0.2, -0.15) is 5.26 Å². The van der Waals surface area contributed by atoms with Crippen molar-refractivity contribution in [3.63, 3.8) is 0 Å². The Kier molecular flexibility index (Phi) is 5.31. The lowest BCUT2D eigenvalue weighted by Gasteiger charge is -2.05. The van der Waals surface area contributed by atoms with Gasteiger partial charge in [-0.1, -0.05) is 12.1 Å². The monoisotopic (exact) mass is 402 g/mol. The third-order valence-electron chi connectivity index (χ3n) is 3.94. The summed E-state index contributed by atoms with van der Waals surface area (Å²) in [6.45, 7) is 0.106. The van der Waals surface area contributed by atoms with Crippen LogP contribution < -0.4 is 10.1 Å². The normalized spacial score (nSPS) is 10.3. The van der Waals surface area contributed by atoms with Gasteiger partial charge in [0.25, 0.3) is 5.91 Å². The minimum absolute atomic E-state index is 0.106. The summed E-state index contributed by atoms with van der Waals surface area (Å²) < 4.78 is 11.2. The highest BCUT2D eigenvalue weighted by Gasteiger charge is 2.14. The fraction of sp³-hybridized carbons (Fsp3) is 0.0476. The number of benzene rings is 1. The van der Waals surface area contributed by atoms with Crippen LogP contribution in [0.5, 0.6) is 5.75 Å². The van der Waals surface area contributed by atoms with Crippen LogP contribution in [0.4, 0.5) is 5.13 Å². The molecular formula is C21H14N4O3S. The Hall–Kier alpha value is -3.96. The maximum absolute atomic E-state index is 12.4. The highest BCUT2D eigenvalue weighted by Crippen LogP contribution is 2.25. The zero-order valence-electron chi connectivity index (χ0n) is 15.0. The van der Waals surface area contributed by atoms with E-state index in [1.807, 2.05) is 17.5 Å². The van der Waals surface area contributed by atoms with Crippen molar-refractivity contribution in [1.29, 1.82) is 5.26 Å². The first kappa shape index (κ1) is 18.4. The lowest BCUT2D eigenvalue weighted by atomic mass is 10.2. The average Bonchev–Trinajstić information content (AvgIpc) is 3.43. The summed E-state index contributed by atoms with van der Waals surface area (Å²) in [5.41, 5.74) is 2.05. The first-order valence-electron chi connectivity index (χ1n) is 8.61. The Bertz CT molecular complexity index is 1180. The smallest absolute Gasteiger partial charge is 0.293 e. The van der Waals surface area contributed by atoms with Crippen LogP contribution in [0.15, 0.2) is 70.7 Å². The summed E-state index contributed by atoms with van der Waals surface area (Å²) in [5.74, 6) is 0.678. The van der Waals surface area contributed by atoms with Gasteiger partial charge in [0.15, 0.2) is 10.9 Å². The van der Waals surface area contributed by atoms with E-state index in [9.17, 15) is 4.79 Å². The minimum Gasteiger partial charge on any atom is -0.484 e. The number of carbonyl (C=O) groups excluding carboxylic acids is 1. The minimum atomic E-state index is -0.402. The van der Waals surface area contributed by atoms with Gasteiger partial charge in [-0.3, -0.25) is 15.1 Å². The highest BCUT2D eigenvalue weighted by molar-refractivity contribution is 7.14. The summed E-state index contributed by atoms with van der Waals surface area (Å²) >= 11 is 1.32. The molecule has 0 aliphatic carbocycles. The van der Waals surface area contributed by atoms with E-state index >= 15 is 0 Å². The van der Waals surface area contributed by atoms with E-state index in [1.165, 1.54) is 11.3 Å². The van der Waals surface area contributed by atoms with Crippen molar-refractivity contribution in [3.8, 4) is 23.1 Å². The summed E-state index contributed by atoms with van der Waals surface area (Å²) in [7, 11) is 0. The fourth-order valence-corrected chi connectivity index (χ4v) is 3.26. The molecule has 3 aromatic heterocycles. The predicted octanol–water partition coefficient (Wildman–Crippen LogP) is 4.50. The molecule has 4 rings (SSSR count). The molecular weight excluding hydrogens is 388 g/mol. The molecule has 1 aromatic carbocycles. The van der Waals surface area contributed by atoms with Gasteiger partial charge >= 0.3 is 0 Å². The van der Waals surface area contributed by atoms with Crippen LogP contribution in [0.3, 0.4) is 0 Å². The molecule has 0 unspecified atom stereocenters. The number of ether oxygens (including phenoxy) is 1. The SMILES string of the molecule is N#Cc1ccccc1OCc1ccc(C(=O)Nc2nc(-c3cccnc3)cs2)o1. The zero-order chi connectivity index (χ0) is 20.1. The van der Waals surface area contributed by atoms with Crippen molar-refractivity contribution in [2.24, 2.45) is 0 Å². The van der Waals surface area contributed by atoms with Gasteiger partial charge in [0.05, 0.1) is 11.3 Å². The van der Waals surface area contributed by atoms with Crippen LogP contribution in [-0.4, -0.2) is 15.9 Å². The van der Waals surface area contributed by atoms with Gasteiger partial charge in [0.2, 0.25) is 0 Å². The summed E-state index contributed by atoms with van der Waals surface area (Å²) in [6, 6.07) is 15.9. The molecule has 0 aliphatic heterocycles. The fourth-order valence-electron chi connectivity index (χ4n) is 2.55. The third-order valence-corrected chi connectivity index (χ3v) is 4.70. The number of rotatable bonds is 6. The number of para-hydroxylation sites is 1. The van der Waals surface area contributed by atoms with Crippen LogP contribution in [0.2, 0.25) is 0 Å². The van der Waals surface area contributed by atoms with Crippen molar-refractivity contribution in [2.45, 2.75) is 6.61 Å². The maximum atomic E-state index is 12.4. The second-order valence-electron chi connectivity index (χ2n) is 5.90. The molecule has 1 N–H and O–H groups in total. The summed E-state index contributed by atoms with van der Waals surface area (Å²) in [4.78, 5) is 20.9. The second-order valence-corrected chi connectivity index (χ2v) is 6.75. The number of nitriles is 1. The lowest BCUT2D eigenvalue weighted by Crippen LogP contribution is -2.10. The van der Waals surface area contributed by atoms with Crippen LogP contribution in [-0.2, 0) is 6.61 Å². The van der Waals surface area contributed by atoms with E-state index in [2.05, 4.69) is 21.4 Å². The molecule has 0 bridgehead atoms. The van der Waals surface area contributed by atoms with E-state index in [4.69, 9.17) is 14.4 Å². The number of hydrogen-bond donors (Lipinski definition) is 1. The molecule has 29 heavy (non-hydrogen) atoms. The van der Waals surface area contributed by atoms with Gasteiger partial charge < -0.3 is 9.15 Å². The van der Waals surface area contributed by atoms with Crippen molar-refractivity contribution in [1.82, 2.24) is 9.97 Å². The maximum Gasteiger partial charge on any atom is 0.293 e. The first-order chi connectivity index (χ1) is 14.2. The molecule has 4 aromatic rings. The number of furan rings is 1. The number of aromatic nitrogens is 2. The highest BCUT2D eigenvalue weighted by atomic mass is 32.1. The van der Waals surface area contributed by atoms with E-state index in [1.54, 1.807) is 48.8 Å². The molecule has 8 heteroatoms. The van der Waals surface area contributed by atoms with Crippen LogP contribution >= 0.6 is 11.3 Å². The number of anilines is 1. The molecule has 0 radical (unpaired) electrons. The number of amides is 1. The van der Waals surface area contributed by atoms with Crippen molar-refractivity contribution in [2.75, 3.05) is 5.32 Å².